The molecule has 1 atom stereocenters. The lowest BCUT2D eigenvalue weighted by Gasteiger charge is -2.23. The van der Waals surface area contributed by atoms with Gasteiger partial charge in [-0.15, -0.1) is 0 Å². The Hall–Kier alpha value is -1.38. The average Bonchev–Trinajstić information content (AvgIpc) is 3.09. The summed E-state index contributed by atoms with van der Waals surface area (Å²) in [7, 11) is -0.273. The SMILES string of the molecule is CCN1CCCC1CNC(=O)C(/C=C(\CNC)S(=O)(=O)CC)=C(/C)OC. The Morgan fingerprint density at radius 3 is 2.58 bits per heavy atom. The highest BCUT2D eigenvalue weighted by Crippen LogP contribution is 2.17. The van der Waals surface area contributed by atoms with Gasteiger partial charge in [0, 0.05) is 19.1 Å². The number of carbonyl (C=O) groups excluding carboxylic acids is 1. The fraction of sp³-hybridized carbons (Fsp3) is 0.722. The minimum atomic E-state index is -3.42. The molecular weight excluding hydrogens is 354 g/mol. The Morgan fingerprint density at radius 2 is 2.04 bits per heavy atom. The van der Waals surface area contributed by atoms with Crippen LogP contribution in [0.25, 0.3) is 0 Å². The number of likely N-dealkylation sites (tertiary alicyclic amines) is 1. The van der Waals surface area contributed by atoms with Gasteiger partial charge in [-0.3, -0.25) is 9.69 Å². The van der Waals surface area contributed by atoms with Crippen LogP contribution in [0.2, 0.25) is 0 Å². The maximum atomic E-state index is 12.7. The predicted octanol–water partition coefficient (Wildman–Crippen LogP) is 1.05. The van der Waals surface area contributed by atoms with E-state index < -0.39 is 9.84 Å². The van der Waals surface area contributed by atoms with Gasteiger partial charge in [0.15, 0.2) is 9.84 Å². The molecule has 0 spiro atoms. The van der Waals surface area contributed by atoms with Gasteiger partial charge in [-0.25, -0.2) is 8.42 Å². The molecule has 0 aromatic rings. The summed E-state index contributed by atoms with van der Waals surface area (Å²) in [4.78, 5) is 15.2. The molecule has 0 aromatic carbocycles. The molecule has 0 radical (unpaired) electrons. The lowest BCUT2D eigenvalue weighted by Crippen LogP contribution is -2.40. The molecule has 1 fully saturated rings. The zero-order chi connectivity index (χ0) is 19.7. The number of methoxy groups -OCH3 is 1. The van der Waals surface area contributed by atoms with Gasteiger partial charge in [0.25, 0.3) is 5.91 Å². The molecule has 0 aromatic heterocycles. The first kappa shape index (κ1) is 22.7. The molecule has 150 valence electrons. The molecule has 0 saturated carbocycles. The van der Waals surface area contributed by atoms with Crippen molar-refractivity contribution in [3.8, 4) is 0 Å². The molecule has 1 aliphatic rings. The molecule has 1 heterocycles. The largest absolute Gasteiger partial charge is 0.501 e. The van der Waals surface area contributed by atoms with Crippen molar-refractivity contribution < 1.29 is 17.9 Å². The van der Waals surface area contributed by atoms with Crippen molar-refractivity contribution in [2.45, 2.75) is 39.7 Å². The number of amides is 1. The van der Waals surface area contributed by atoms with Crippen LogP contribution in [0.15, 0.2) is 22.3 Å². The molecule has 8 heteroatoms. The molecule has 2 N–H and O–H groups in total. The van der Waals surface area contributed by atoms with Gasteiger partial charge in [0.05, 0.1) is 23.3 Å². The van der Waals surface area contributed by atoms with Gasteiger partial charge in [-0.1, -0.05) is 13.8 Å². The molecule has 26 heavy (non-hydrogen) atoms. The number of carbonyl (C=O) groups is 1. The van der Waals surface area contributed by atoms with Gasteiger partial charge >= 0.3 is 0 Å². The van der Waals surface area contributed by atoms with E-state index in [2.05, 4.69) is 22.5 Å². The van der Waals surface area contributed by atoms with Crippen molar-refractivity contribution in [2.75, 3.05) is 46.1 Å². The Kier molecular flexibility index (Phi) is 9.32. The Morgan fingerprint density at radius 1 is 1.35 bits per heavy atom. The van der Waals surface area contributed by atoms with E-state index in [9.17, 15) is 13.2 Å². The van der Waals surface area contributed by atoms with Crippen molar-refractivity contribution in [3.05, 3.63) is 22.3 Å². The molecule has 1 rings (SSSR count). The van der Waals surface area contributed by atoms with Gasteiger partial charge in [0.2, 0.25) is 0 Å². The van der Waals surface area contributed by atoms with Crippen LogP contribution < -0.4 is 10.6 Å². The number of likely N-dealkylation sites (N-methyl/N-ethyl adjacent to an activating group) is 2. The number of nitrogens with one attached hydrogen (secondary N) is 2. The minimum absolute atomic E-state index is 0.0189. The summed E-state index contributed by atoms with van der Waals surface area (Å²) in [5, 5.41) is 5.79. The van der Waals surface area contributed by atoms with Crippen LogP contribution in [0.3, 0.4) is 0 Å². The summed E-state index contributed by atoms with van der Waals surface area (Å²) in [6.07, 6.45) is 3.62. The predicted molar refractivity (Wildman–Crippen MR) is 104 cm³/mol. The third-order valence-electron chi connectivity index (χ3n) is 4.77. The number of rotatable bonds is 10. The fourth-order valence-corrected chi connectivity index (χ4v) is 4.09. The average molecular weight is 388 g/mol. The standard InChI is InChI=1S/C18H33N3O4S/c1-6-21-10-8-9-15(21)12-20-18(22)17(14(3)25-5)11-16(13-19-4)26(23,24)7-2/h11,15,19H,6-10,12-13H2,1-5H3,(H,20,22)/b16-11+,17-14-. The molecule has 1 unspecified atom stereocenters. The second-order valence-electron chi connectivity index (χ2n) is 6.35. The maximum absolute atomic E-state index is 12.7. The van der Waals surface area contributed by atoms with E-state index in [0.717, 1.165) is 25.9 Å². The lowest BCUT2D eigenvalue weighted by molar-refractivity contribution is -0.117. The number of ether oxygens (including phenoxy) is 1. The molecule has 1 aliphatic heterocycles. The van der Waals surface area contributed by atoms with Crippen LogP contribution in [0.4, 0.5) is 0 Å². The number of nitrogens with zero attached hydrogens (tertiary/aromatic N) is 1. The van der Waals surface area contributed by atoms with Crippen LogP contribution in [0, 0.1) is 0 Å². The smallest absolute Gasteiger partial charge is 0.254 e. The van der Waals surface area contributed by atoms with E-state index in [1.165, 1.54) is 13.2 Å². The molecule has 1 saturated heterocycles. The van der Waals surface area contributed by atoms with Crippen LogP contribution in [-0.2, 0) is 19.4 Å². The molecule has 1 amide bonds. The first-order valence-corrected chi connectivity index (χ1v) is 10.8. The maximum Gasteiger partial charge on any atom is 0.254 e. The van der Waals surface area contributed by atoms with E-state index in [0.29, 0.717) is 18.3 Å². The van der Waals surface area contributed by atoms with Gasteiger partial charge < -0.3 is 15.4 Å². The number of hydrogen-bond donors (Lipinski definition) is 2. The van der Waals surface area contributed by atoms with Gasteiger partial charge in [-0.2, -0.15) is 0 Å². The van der Waals surface area contributed by atoms with E-state index in [-0.39, 0.29) is 28.7 Å². The van der Waals surface area contributed by atoms with Crippen LogP contribution >= 0.6 is 0 Å². The summed E-state index contributed by atoms with van der Waals surface area (Å²) in [6.45, 7) is 8.08. The highest BCUT2D eigenvalue weighted by Gasteiger charge is 2.24. The normalized spacial score (nSPS) is 20.0. The molecule has 7 nitrogen and oxygen atoms in total. The number of allylic oxidation sites excluding steroid dienone is 1. The fourth-order valence-electron chi connectivity index (χ4n) is 3.06. The highest BCUT2D eigenvalue weighted by molar-refractivity contribution is 7.95. The van der Waals surface area contributed by atoms with Gasteiger partial charge in [0.1, 0.15) is 5.76 Å². The summed E-state index contributed by atoms with van der Waals surface area (Å²) in [5.41, 5.74) is 0.246. The van der Waals surface area contributed by atoms with E-state index in [1.54, 1.807) is 20.9 Å². The Balaban J connectivity index is 3.02. The topological polar surface area (TPSA) is 87.7 Å². The van der Waals surface area contributed by atoms with E-state index >= 15 is 0 Å². The van der Waals surface area contributed by atoms with Crippen LogP contribution in [0.5, 0.6) is 0 Å². The quantitative estimate of drug-likeness (QED) is 0.331. The lowest BCUT2D eigenvalue weighted by atomic mass is 10.1. The monoisotopic (exact) mass is 387 g/mol. The van der Waals surface area contributed by atoms with Crippen molar-refractivity contribution in [1.82, 2.24) is 15.5 Å². The van der Waals surface area contributed by atoms with E-state index in [4.69, 9.17) is 4.74 Å². The van der Waals surface area contributed by atoms with Gasteiger partial charge in [-0.05, 0) is 46.0 Å². The molecule has 0 aliphatic carbocycles. The minimum Gasteiger partial charge on any atom is -0.501 e. The second-order valence-corrected chi connectivity index (χ2v) is 8.68. The zero-order valence-corrected chi connectivity index (χ0v) is 17.4. The summed E-state index contributed by atoms with van der Waals surface area (Å²) < 4.78 is 29.8. The zero-order valence-electron chi connectivity index (χ0n) is 16.6. The number of sulfone groups is 1. The second kappa shape index (κ2) is 10.7. The highest BCUT2D eigenvalue weighted by atomic mass is 32.2. The Bertz CT molecular complexity index is 641. The van der Waals surface area contributed by atoms with Crippen molar-refractivity contribution in [3.63, 3.8) is 0 Å². The van der Waals surface area contributed by atoms with Crippen molar-refractivity contribution in [2.24, 2.45) is 0 Å². The number of hydrogen-bond acceptors (Lipinski definition) is 6. The first-order chi connectivity index (χ1) is 12.3. The molecular formula is C18H33N3O4S. The molecule has 0 bridgehead atoms. The van der Waals surface area contributed by atoms with Crippen LogP contribution in [-0.4, -0.2) is 71.4 Å². The van der Waals surface area contributed by atoms with Crippen molar-refractivity contribution in [1.29, 1.82) is 0 Å². The van der Waals surface area contributed by atoms with Crippen molar-refractivity contribution >= 4 is 15.7 Å². The first-order valence-electron chi connectivity index (χ1n) is 9.15. The summed E-state index contributed by atoms with van der Waals surface area (Å²) >= 11 is 0. The summed E-state index contributed by atoms with van der Waals surface area (Å²) in [5.74, 6) is 0.0583. The Labute approximate surface area is 157 Å². The van der Waals surface area contributed by atoms with Crippen LogP contribution in [0.1, 0.15) is 33.6 Å². The third-order valence-corrected chi connectivity index (χ3v) is 6.59. The van der Waals surface area contributed by atoms with E-state index in [1.807, 2.05) is 0 Å². The third kappa shape index (κ3) is 6.10. The summed E-state index contributed by atoms with van der Waals surface area (Å²) in [6, 6.07) is 0.327.